The van der Waals surface area contributed by atoms with Crippen LogP contribution in [0, 0.1) is 0 Å². The Hall–Kier alpha value is -2.71. The highest BCUT2D eigenvalue weighted by Gasteiger charge is 2.30. The van der Waals surface area contributed by atoms with Crippen LogP contribution in [-0.2, 0) is 12.4 Å². The zero-order valence-electron chi connectivity index (χ0n) is 17.8. The highest BCUT2D eigenvalue weighted by atomic mass is 19.4. The van der Waals surface area contributed by atoms with Gasteiger partial charge in [0.2, 0.25) is 0 Å². The summed E-state index contributed by atoms with van der Waals surface area (Å²) in [4.78, 5) is 2.70. The second kappa shape index (κ2) is 12.4. The smallest absolute Gasteiger partial charge is 0.324 e. The van der Waals surface area contributed by atoms with E-state index in [0.717, 1.165) is 49.1 Å². The summed E-state index contributed by atoms with van der Waals surface area (Å²) in [7, 11) is 0. The minimum atomic E-state index is -4.34. The number of rotatable bonds is 7. The summed E-state index contributed by atoms with van der Waals surface area (Å²) in [6.07, 6.45) is -5.49. The van der Waals surface area contributed by atoms with Crippen LogP contribution >= 0.6 is 0 Å². The predicted octanol–water partition coefficient (Wildman–Crippen LogP) is 8.36. The zero-order valence-corrected chi connectivity index (χ0v) is 17.8. The molecule has 0 aliphatic carbocycles. The minimum absolute atomic E-state index is 0.169. The first-order chi connectivity index (χ1) is 14.9. The maximum atomic E-state index is 12.3. The van der Waals surface area contributed by atoms with Crippen molar-refractivity contribution in [2.24, 2.45) is 10.8 Å². The van der Waals surface area contributed by atoms with Crippen LogP contribution < -0.4 is 5.73 Å². The molecule has 2 aromatic carbocycles. The van der Waals surface area contributed by atoms with Gasteiger partial charge in [0.15, 0.2) is 0 Å². The second-order valence-corrected chi connectivity index (χ2v) is 7.14. The van der Waals surface area contributed by atoms with E-state index in [4.69, 9.17) is 11.3 Å². The molecule has 0 aromatic heterocycles. The maximum absolute atomic E-state index is 12.3. The van der Waals surface area contributed by atoms with Gasteiger partial charge in [0, 0.05) is 11.0 Å². The summed E-state index contributed by atoms with van der Waals surface area (Å²) in [5.74, 6) is 0. The number of hydrogen-bond acceptors (Lipinski definition) is 2. The Labute approximate surface area is 183 Å². The molecule has 10 heteroatoms. The van der Waals surface area contributed by atoms with Gasteiger partial charge in [-0.25, -0.2) is 0 Å². The van der Waals surface area contributed by atoms with Crippen LogP contribution in [0.15, 0.2) is 53.6 Å². The zero-order chi connectivity index (χ0) is 24.4. The molecule has 2 aromatic rings. The summed E-state index contributed by atoms with van der Waals surface area (Å²) < 4.78 is 73.7. The second-order valence-electron chi connectivity index (χ2n) is 7.14. The normalized spacial score (nSPS) is 13.4. The Balaban J connectivity index is 0.000000323. The lowest BCUT2D eigenvalue weighted by Gasteiger charge is -2.12. The van der Waals surface area contributed by atoms with Crippen LogP contribution in [0.5, 0.6) is 0 Å². The van der Waals surface area contributed by atoms with E-state index in [9.17, 15) is 26.3 Å². The van der Waals surface area contributed by atoms with Gasteiger partial charge >= 0.3 is 12.4 Å². The topological polar surface area (TPSA) is 74.8 Å². The number of azide groups is 1. The summed E-state index contributed by atoms with van der Waals surface area (Å²) in [5, 5.41) is 3.58. The molecule has 0 amide bonds. The summed E-state index contributed by atoms with van der Waals surface area (Å²) in [6.45, 7) is 3.91. The van der Waals surface area contributed by atoms with Crippen molar-refractivity contribution >= 4 is 0 Å². The van der Waals surface area contributed by atoms with Gasteiger partial charge in [0.05, 0.1) is 17.2 Å². The van der Waals surface area contributed by atoms with Crippen LogP contribution in [0.1, 0.15) is 73.9 Å². The molecule has 0 aliphatic heterocycles. The van der Waals surface area contributed by atoms with E-state index in [0.29, 0.717) is 12.0 Å². The van der Waals surface area contributed by atoms with E-state index >= 15 is 0 Å². The molecule has 2 rings (SSSR count). The van der Waals surface area contributed by atoms with E-state index in [1.165, 1.54) is 24.3 Å². The molecular formula is C22H26F6N4. The SMILES string of the molecule is CCCC(N)c1ccc(C(F)(F)F)cc1.CCCC(N=[N+]=[N-])c1ccc(C(F)(F)F)cc1. The van der Waals surface area contributed by atoms with E-state index in [1.54, 1.807) is 0 Å². The van der Waals surface area contributed by atoms with Crippen molar-refractivity contribution in [2.45, 2.75) is 64.0 Å². The van der Waals surface area contributed by atoms with Gasteiger partial charge in [-0.15, -0.1) is 0 Å². The number of alkyl halides is 6. The number of halogens is 6. The Morgan fingerprint density at radius 1 is 0.781 bits per heavy atom. The van der Waals surface area contributed by atoms with Crippen molar-refractivity contribution in [3.8, 4) is 0 Å². The first-order valence-electron chi connectivity index (χ1n) is 10.1. The molecule has 0 saturated carbocycles. The molecule has 0 saturated heterocycles. The monoisotopic (exact) mass is 460 g/mol. The van der Waals surface area contributed by atoms with Crippen LogP contribution in [0.3, 0.4) is 0 Å². The Bertz CT molecular complexity index is 854. The average Bonchev–Trinajstić information content (AvgIpc) is 2.73. The number of hydrogen-bond donors (Lipinski definition) is 1. The van der Waals surface area contributed by atoms with Crippen molar-refractivity contribution in [3.63, 3.8) is 0 Å². The molecule has 0 heterocycles. The number of benzene rings is 2. The Morgan fingerprint density at radius 3 is 1.53 bits per heavy atom. The Morgan fingerprint density at radius 2 is 1.19 bits per heavy atom. The standard InChI is InChI=1S/C11H12F3N3.C11H14F3N/c1-2-3-10(16-17-15)8-4-6-9(7-5-8)11(12,13)14;1-2-3-10(15)8-4-6-9(7-5-8)11(12,13)14/h4-7,10H,2-3H2,1H3;4-7,10H,2-3,15H2,1H3. The highest BCUT2D eigenvalue weighted by molar-refractivity contribution is 5.27. The third kappa shape index (κ3) is 8.80. The molecule has 0 fully saturated rings. The largest absolute Gasteiger partial charge is 0.416 e. The first kappa shape index (κ1) is 27.3. The third-order valence-corrected chi connectivity index (χ3v) is 4.64. The fraction of sp³-hybridized carbons (Fsp3) is 0.455. The predicted molar refractivity (Wildman–Crippen MR) is 112 cm³/mol. The van der Waals surface area contributed by atoms with Crippen molar-refractivity contribution in [3.05, 3.63) is 81.2 Å². The van der Waals surface area contributed by atoms with Crippen molar-refractivity contribution < 1.29 is 26.3 Å². The first-order valence-corrected chi connectivity index (χ1v) is 10.1. The van der Waals surface area contributed by atoms with Gasteiger partial charge in [-0.1, -0.05) is 56.1 Å². The Kier molecular flexibility index (Phi) is 10.6. The van der Waals surface area contributed by atoms with Gasteiger partial charge in [-0.3, -0.25) is 0 Å². The van der Waals surface area contributed by atoms with Crippen LogP contribution in [-0.4, -0.2) is 0 Å². The molecule has 2 N–H and O–H groups in total. The van der Waals surface area contributed by atoms with Crippen molar-refractivity contribution in [2.75, 3.05) is 0 Å². The molecular weight excluding hydrogens is 434 g/mol. The quantitative estimate of drug-likeness (QED) is 0.192. The molecule has 0 radical (unpaired) electrons. The van der Waals surface area contributed by atoms with E-state index < -0.39 is 29.5 Å². The fourth-order valence-corrected chi connectivity index (χ4v) is 2.92. The van der Waals surface area contributed by atoms with Crippen molar-refractivity contribution in [1.29, 1.82) is 0 Å². The molecule has 2 atom stereocenters. The minimum Gasteiger partial charge on any atom is -0.324 e. The lowest BCUT2D eigenvalue weighted by atomic mass is 10.0. The van der Waals surface area contributed by atoms with Gasteiger partial charge in [-0.2, -0.15) is 26.3 Å². The van der Waals surface area contributed by atoms with E-state index in [2.05, 4.69) is 10.0 Å². The molecule has 176 valence electrons. The fourth-order valence-electron chi connectivity index (χ4n) is 2.92. The maximum Gasteiger partial charge on any atom is 0.416 e. The third-order valence-electron chi connectivity index (χ3n) is 4.64. The van der Waals surface area contributed by atoms with E-state index in [1.807, 2.05) is 13.8 Å². The van der Waals surface area contributed by atoms with Gasteiger partial charge < -0.3 is 5.73 Å². The van der Waals surface area contributed by atoms with E-state index in [-0.39, 0.29) is 6.04 Å². The molecule has 4 nitrogen and oxygen atoms in total. The molecule has 0 bridgehead atoms. The molecule has 2 unspecified atom stereocenters. The molecule has 0 aliphatic rings. The lowest BCUT2D eigenvalue weighted by Crippen LogP contribution is -2.11. The molecule has 32 heavy (non-hydrogen) atoms. The number of nitrogens with two attached hydrogens (primary N) is 1. The summed E-state index contributed by atoms with van der Waals surface area (Å²) in [5.41, 5.74) is 14.2. The lowest BCUT2D eigenvalue weighted by molar-refractivity contribution is -0.138. The van der Waals surface area contributed by atoms with Crippen LogP contribution in [0.2, 0.25) is 0 Å². The molecule has 0 spiro atoms. The average molecular weight is 460 g/mol. The highest BCUT2D eigenvalue weighted by Crippen LogP contribution is 2.32. The van der Waals surface area contributed by atoms with Gasteiger partial charge in [0.1, 0.15) is 0 Å². The van der Waals surface area contributed by atoms with Gasteiger partial charge in [0.25, 0.3) is 0 Å². The van der Waals surface area contributed by atoms with Gasteiger partial charge in [-0.05, 0) is 53.8 Å². The van der Waals surface area contributed by atoms with Crippen LogP contribution in [0.4, 0.5) is 26.3 Å². The summed E-state index contributed by atoms with van der Waals surface area (Å²) in [6, 6.07) is 9.21. The van der Waals surface area contributed by atoms with Crippen molar-refractivity contribution in [1.82, 2.24) is 0 Å². The number of nitrogens with zero attached hydrogens (tertiary/aromatic N) is 3. The van der Waals surface area contributed by atoms with Crippen LogP contribution in [0.25, 0.3) is 10.4 Å². The summed E-state index contributed by atoms with van der Waals surface area (Å²) >= 11 is 0.